The first-order valence-corrected chi connectivity index (χ1v) is 11.0. The summed E-state index contributed by atoms with van der Waals surface area (Å²) in [5.41, 5.74) is -3.40. The molecule has 0 N–H and O–H groups in total. The van der Waals surface area contributed by atoms with Crippen LogP contribution in [0.3, 0.4) is 0 Å². The van der Waals surface area contributed by atoms with Gasteiger partial charge in [0.05, 0.1) is 0 Å². The third-order valence-electron chi connectivity index (χ3n) is 7.09. The first-order valence-electron chi connectivity index (χ1n) is 9.55. The van der Waals surface area contributed by atoms with Gasteiger partial charge >= 0.3 is 15.6 Å². The van der Waals surface area contributed by atoms with Gasteiger partial charge in [-0.2, -0.15) is 21.6 Å². The van der Waals surface area contributed by atoms with E-state index in [2.05, 4.69) is 13.0 Å². The lowest BCUT2D eigenvalue weighted by Gasteiger charge is -2.48. The molecule has 7 heteroatoms. The van der Waals surface area contributed by atoms with Crippen molar-refractivity contribution < 1.29 is 25.8 Å². The number of hydrogen-bond donors (Lipinski definition) is 0. The first kappa shape index (κ1) is 18.4. The van der Waals surface area contributed by atoms with Gasteiger partial charge in [-0.25, -0.2) is 0 Å². The Balaban J connectivity index is 1.80. The van der Waals surface area contributed by atoms with Crippen molar-refractivity contribution >= 4 is 10.1 Å². The van der Waals surface area contributed by atoms with Crippen LogP contribution in [0.4, 0.5) is 13.2 Å². The molecule has 0 bridgehead atoms. The summed E-state index contributed by atoms with van der Waals surface area (Å²) < 4.78 is 67.2. The van der Waals surface area contributed by atoms with Crippen LogP contribution in [0.25, 0.3) is 0 Å². The number of alkyl halides is 3. The van der Waals surface area contributed by atoms with Crippen molar-refractivity contribution in [2.75, 3.05) is 0 Å². The molecule has 0 radical (unpaired) electrons. The van der Waals surface area contributed by atoms with E-state index in [-0.39, 0.29) is 23.0 Å². The molecule has 4 rings (SSSR count). The molecule has 0 amide bonds. The predicted molar refractivity (Wildman–Crippen MR) is 91.3 cm³/mol. The van der Waals surface area contributed by atoms with Crippen molar-refractivity contribution in [3.63, 3.8) is 0 Å². The molecular formula is C19H25F3O3S. The van der Waals surface area contributed by atoms with Crippen LogP contribution in [0.15, 0.2) is 23.0 Å². The van der Waals surface area contributed by atoms with Gasteiger partial charge in [0.2, 0.25) is 0 Å². The van der Waals surface area contributed by atoms with E-state index < -0.39 is 15.6 Å². The van der Waals surface area contributed by atoms with E-state index in [0.717, 1.165) is 56.9 Å². The first-order chi connectivity index (χ1) is 12.1. The molecular weight excluding hydrogens is 365 g/mol. The molecule has 2 saturated carbocycles. The number of allylic oxidation sites excluding steroid dienone is 4. The van der Waals surface area contributed by atoms with Crippen LogP contribution < -0.4 is 0 Å². The number of rotatable bonds is 2. The van der Waals surface area contributed by atoms with Gasteiger partial charge in [-0.15, -0.1) is 0 Å². The van der Waals surface area contributed by atoms with Crippen molar-refractivity contribution in [3.05, 3.63) is 23.0 Å². The monoisotopic (exact) mass is 390 g/mol. The van der Waals surface area contributed by atoms with Crippen molar-refractivity contribution in [1.29, 1.82) is 0 Å². The summed E-state index contributed by atoms with van der Waals surface area (Å²) in [6, 6.07) is 0. The van der Waals surface area contributed by atoms with Crippen LogP contribution >= 0.6 is 0 Å². The Bertz CT molecular complexity index is 765. The molecule has 4 aliphatic rings. The molecule has 0 aromatic rings. The summed E-state index contributed by atoms with van der Waals surface area (Å²) in [6.07, 6.45) is 10.4. The van der Waals surface area contributed by atoms with Gasteiger partial charge in [0.1, 0.15) is 5.76 Å². The number of halogens is 3. The van der Waals surface area contributed by atoms with E-state index in [1.165, 1.54) is 5.57 Å². The minimum atomic E-state index is -5.62. The maximum atomic E-state index is 13.0. The quantitative estimate of drug-likeness (QED) is 0.358. The van der Waals surface area contributed by atoms with Gasteiger partial charge in [-0.05, 0) is 61.3 Å². The minimum Gasteiger partial charge on any atom is -0.381 e. The molecule has 2 fully saturated rings. The summed E-state index contributed by atoms with van der Waals surface area (Å²) in [6.45, 7) is 2.09. The maximum Gasteiger partial charge on any atom is 0.534 e. The van der Waals surface area contributed by atoms with Crippen molar-refractivity contribution in [3.8, 4) is 0 Å². The average molecular weight is 390 g/mol. The summed E-state index contributed by atoms with van der Waals surface area (Å²) in [4.78, 5) is 0. The Hall–Kier alpha value is -0.980. The zero-order chi connectivity index (χ0) is 18.7. The molecule has 4 atom stereocenters. The molecule has 0 saturated heterocycles. The second-order valence-corrected chi connectivity index (χ2v) is 10.1. The topological polar surface area (TPSA) is 43.4 Å². The van der Waals surface area contributed by atoms with Crippen LogP contribution in [0.1, 0.15) is 64.7 Å². The summed E-state index contributed by atoms with van der Waals surface area (Å²) in [5, 5.41) is 0. The van der Waals surface area contributed by atoms with Crippen molar-refractivity contribution in [1.82, 2.24) is 0 Å². The fourth-order valence-corrected chi connectivity index (χ4v) is 6.49. The van der Waals surface area contributed by atoms with Crippen LogP contribution in [0.2, 0.25) is 0 Å². The number of fused-ring (bicyclic) bond motifs is 5. The lowest BCUT2D eigenvalue weighted by molar-refractivity contribution is -0.0532. The Morgan fingerprint density at radius 1 is 1.19 bits per heavy atom. The summed E-state index contributed by atoms with van der Waals surface area (Å²) in [7, 11) is -5.62. The molecule has 0 aromatic carbocycles. The lowest BCUT2D eigenvalue weighted by Crippen LogP contribution is -2.40. The fraction of sp³-hybridized carbons (Fsp3) is 0.789. The largest absolute Gasteiger partial charge is 0.534 e. The average Bonchev–Trinajstić information content (AvgIpc) is 2.94. The Labute approximate surface area is 152 Å². The Morgan fingerprint density at radius 2 is 1.96 bits per heavy atom. The summed E-state index contributed by atoms with van der Waals surface area (Å²) in [5.74, 6) is 0.719. The molecule has 0 heterocycles. The van der Waals surface area contributed by atoms with Gasteiger partial charge in [0.15, 0.2) is 0 Å². The van der Waals surface area contributed by atoms with E-state index >= 15 is 0 Å². The highest BCUT2D eigenvalue weighted by atomic mass is 32.2. The highest BCUT2D eigenvalue weighted by Crippen LogP contribution is 2.61. The molecule has 0 aliphatic heterocycles. The van der Waals surface area contributed by atoms with Crippen LogP contribution in [-0.4, -0.2) is 13.9 Å². The Morgan fingerprint density at radius 3 is 2.69 bits per heavy atom. The van der Waals surface area contributed by atoms with Crippen molar-refractivity contribution in [2.45, 2.75) is 70.2 Å². The number of hydrogen-bond acceptors (Lipinski definition) is 3. The highest BCUT2D eigenvalue weighted by Gasteiger charge is 2.54. The minimum absolute atomic E-state index is 0.0751. The molecule has 146 valence electrons. The van der Waals surface area contributed by atoms with Gasteiger partial charge < -0.3 is 4.18 Å². The zero-order valence-electron chi connectivity index (χ0n) is 14.9. The third kappa shape index (κ3) is 2.81. The second-order valence-electron chi connectivity index (χ2n) is 8.61. The van der Waals surface area contributed by atoms with E-state index in [1.807, 2.05) is 0 Å². The van der Waals surface area contributed by atoms with Gasteiger partial charge in [0.25, 0.3) is 0 Å². The molecule has 4 aliphatic carbocycles. The second kappa shape index (κ2) is 6.01. The van der Waals surface area contributed by atoms with E-state index in [9.17, 15) is 21.6 Å². The molecule has 3 nitrogen and oxygen atoms in total. The molecule has 0 unspecified atom stereocenters. The molecule has 0 aromatic heterocycles. The maximum absolute atomic E-state index is 13.0. The van der Waals surface area contributed by atoms with Crippen LogP contribution in [0.5, 0.6) is 0 Å². The fourth-order valence-electron chi connectivity index (χ4n) is 5.97. The molecule has 0 spiro atoms. The third-order valence-corrected chi connectivity index (χ3v) is 8.08. The normalized spacial score (nSPS) is 37.5. The highest BCUT2D eigenvalue weighted by molar-refractivity contribution is 7.87. The van der Waals surface area contributed by atoms with Gasteiger partial charge in [0, 0.05) is 12.3 Å². The SMILES string of the molecule is C[C@@]12CCC[C@H]1[C@@H]1CC=C3CCCC[C@@H]3C1=C(OS(=O)(=O)C(F)(F)F)C2. The van der Waals surface area contributed by atoms with E-state index in [1.54, 1.807) is 0 Å². The summed E-state index contributed by atoms with van der Waals surface area (Å²) >= 11 is 0. The van der Waals surface area contributed by atoms with Gasteiger partial charge in [-0.3, -0.25) is 0 Å². The van der Waals surface area contributed by atoms with Crippen LogP contribution in [-0.2, 0) is 14.3 Å². The molecule has 26 heavy (non-hydrogen) atoms. The van der Waals surface area contributed by atoms with E-state index in [0.29, 0.717) is 12.3 Å². The Kier molecular flexibility index (Phi) is 4.25. The smallest absolute Gasteiger partial charge is 0.381 e. The van der Waals surface area contributed by atoms with Gasteiger partial charge in [-0.1, -0.05) is 31.4 Å². The predicted octanol–water partition coefficient (Wildman–Crippen LogP) is 5.45. The zero-order valence-corrected chi connectivity index (χ0v) is 15.8. The van der Waals surface area contributed by atoms with Crippen molar-refractivity contribution in [2.24, 2.45) is 23.2 Å². The van der Waals surface area contributed by atoms with Crippen LogP contribution in [0, 0.1) is 23.2 Å². The van der Waals surface area contributed by atoms with E-state index in [4.69, 9.17) is 4.18 Å². The standard InChI is InChI=1S/C19H25F3O3S/c1-18-10-4-7-15(18)14-9-8-12-5-2-3-6-13(12)17(14)16(11-18)25-26(23,24)19(20,21)22/h8,13-15H,2-7,9-11H2,1H3/t13-,14-,15-,18-/m0/s1. The lowest BCUT2D eigenvalue weighted by atomic mass is 9.57.